The Kier molecular flexibility index (Phi) is 4.42. The molecule has 1 saturated carbocycles. The number of hydrogen-bond donors (Lipinski definition) is 2. The predicted octanol–water partition coefficient (Wildman–Crippen LogP) is 0.992. The number of piperidine rings is 1. The van der Waals surface area contributed by atoms with Crippen molar-refractivity contribution in [2.45, 2.75) is 50.6 Å². The minimum Gasteiger partial charge on any atom is -0.396 e. The number of ether oxygens (including phenoxy) is 1. The molecule has 0 aromatic rings. The van der Waals surface area contributed by atoms with Crippen LogP contribution in [0.1, 0.15) is 38.5 Å². The summed E-state index contributed by atoms with van der Waals surface area (Å²) in [5.74, 6) is 0. The van der Waals surface area contributed by atoms with E-state index in [0.29, 0.717) is 24.1 Å². The third-order valence-corrected chi connectivity index (χ3v) is 5.32. The fraction of sp³-hybridized carbons (Fsp3) is 1.00. The highest BCUT2D eigenvalue weighted by molar-refractivity contribution is 4.95. The maximum absolute atomic E-state index is 9.09. The fourth-order valence-electron chi connectivity index (χ4n) is 3.57. The van der Waals surface area contributed by atoms with Gasteiger partial charge >= 0.3 is 0 Å². The van der Waals surface area contributed by atoms with Crippen LogP contribution in [-0.2, 0) is 4.74 Å². The van der Waals surface area contributed by atoms with E-state index in [0.717, 1.165) is 26.2 Å². The van der Waals surface area contributed by atoms with Crippen LogP contribution < -0.4 is 5.32 Å². The molecule has 0 radical (unpaired) electrons. The average molecular weight is 268 g/mol. The number of nitrogens with one attached hydrogen (secondary N) is 1. The van der Waals surface area contributed by atoms with E-state index in [2.05, 4.69) is 10.2 Å². The van der Waals surface area contributed by atoms with Crippen molar-refractivity contribution in [2.24, 2.45) is 5.41 Å². The molecule has 4 heteroatoms. The van der Waals surface area contributed by atoms with Gasteiger partial charge in [0.1, 0.15) is 0 Å². The van der Waals surface area contributed by atoms with E-state index < -0.39 is 0 Å². The van der Waals surface area contributed by atoms with Gasteiger partial charge in [-0.15, -0.1) is 0 Å². The molecule has 2 N–H and O–H groups in total. The van der Waals surface area contributed by atoms with E-state index in [9.17, 15) is 0 Å². The monoisotopic (exact) mass is 268 g/mol. The van der Waals surface area contributed by atoms with E-state index >= 15 is 0 Å². The molecule has 19 heavy (non-hydrogen) atoms. The Labute approximate surface area is 116 Å². The van der Waals surface area contributed by atoms with E-state index in [1.54, 1.807) is 0 Å². The van der Waals surface area contributed by atoms with Gasteiger partial charge in [0.25, 0.3) is 0 Å². The first-order valence-corrected chi connectivity index (χ1v) is 7.97. The molecule has 2 saturated heterocycles. The Morgan fingerprint density at radius 1 is 1.21 bits per heavy atom. The molecule has 1 unspecified atom stereocenters. The van der Waals surface area contributed by atoms with Crippen molar-refractivity contribution in [3.63, 3.8) is 0 Å². The minimum atomic E-state index is 0.349. The quantitative estimate of drug-likeness (QED) is 0.754. The van der Waals surface area contributed by atoms with Gasteiger partial charge in [0, 0.05) is 44.9 Å². The molecule has 110 valence electrons. The number of likely N-dealkylation sites (tertiary alicyclic amines) is 1. The second-order valence-corrected chi connectivity index (χ2v) is 6.68. The van der Waals surface area contributed by atoms with E-state index in [1.807, 2.05) is 0 Å². The zero-order valence-corrected chi connectivity index (χ0v) is 11.9. The minimum absolute atomic E-state index is 0.349. The summed E-state index contributed by atoms with van der Waals surface area (Å²) in [7, 11) is 0. The summed E-state index contributed by atoms with van der Waals surface area (Å²) in [6.07, 6.45) is 7.35. The molecule has 3 fully saturated rings. The van der Waals surface area contributed by atoms with Crippen LogP contribution in [0.25, 0.3) is 0 Å². The van der Waals surface area contributed by atoms with Gasteiger partial charge in [-0.25, -0.2) is 0 Å². The lowest BCUT2D eigenvalue weighted by atomic mass is 9.99. The molecule has 0 spiro atoms. The highest BCUT2D eigenvalue weighted by Gasteiger charge is 2.42. The Bertz CT molecular complexity index is 280. The van der Waals surface area contributed by atoms with E-state index in [-0.39, 0.29) is 0 Å². The van der Waals surface area contributed by atoms with E-state index in [1.165, 1.54) is 45.2 Å². The summed E-state index contributed by atoms with van der Waals surface area (Å²) in [6.45, 7) is 5.80. The van der Waals surface area contributed by atoms with Crippen LogP contribution in [0.15, 0.2) is 0 Å². The first kappa shape index (κ1) is 13.8. The van der Waals surface area contributed by atoms with Gasteiger partial charge in [-0.1, -0.05) is 0 Å². The highest BCUT2D eigenvalue weighted by Crippen LogP contribution is 2.48. The lowest BCUT2D eigenvalue weighted by molar-refractivity contribution is 0.115. The van der Waals surface area contributed by atoms with Gasteiger partial charge in [0.15, 0.2) is 0 Å². The zero-order chi connectivity index (χ0) is 13.1. The molecule has 0 amide bonds. The van der Waals surface area contributed by atoms with Crippen molar-refractivity contribution in [3.05, 3.63) is 0 Å². The lowest BCUT2D eigenvalue weighted by Crippen LogP contribution is -2.47. The number of hydrogen-bond acceptors (Lipinski definition) is 4. The largest absolute Gasteiger partial charge is 0.396 e. The van der Waals surface area contributed by atoms with E-state index in [4.69, 9.17) is 9.84 Å². The maximum Gasteiger partial charge on any atom is 0.0622 e. The summed E-state index contributed by atoms with van der Waals surface area (Å²) in [4.78, 5) is 2.62. The second kappa shape index (κ2) is 6.08. The van der Waals surface area contributed by atoms with Crippen LogP contribution in [0.5, 0.6) is 0 Å². The summed E-state index contributed by atoms with van der Waals surface area (Å²) >= 11 is 0. The van der Waals surface area contributed by atoms with Crippen molar-refractivity contribution in [3.8, 4) is 0 Å². The van der Waals surface area contributed by atoms with Gasteiger partial charge in [0.05, 0.1) is 6.61 Å². The molecule has 1 atom stereocenters. The normalized spacial score (nSPS) is 31.7. The van der Waals surface area contributed by atoms with Crippen molar-refractivity contribution < 1.29 is 9.84 Å². The molecule has 3 rings (SSSR count). The van der Waals surface area contributed by atoms with Crippen LogP contribution in [0.3, 0.4) is 0 Å². The molecule has 2 aliphatic heterocycles. The summed E-state index contributed by atoms with van der Waals surface area (Å²) < 4.78 is 5.48. The van der Waals surface area contributed by atoms with Crippen molar-refractivity contribution >= 4 is 0 Å². The third kappa shape index (κ3) is 3.48. The van der Waals surface area contributed by atoms with Gasteiger partial charge in [0.2, 0.25) is 0 Å². The predicted molar refractivity (Wildman–Crippen MR) is 75.2 cm³/mol. The number of aliphatic hydroxyl groups is 1. The summed E-state index contributed by atoms with van der Waals surface area (Å²) in [5.41, 5.74) is 0.450. The molecule has 0 aromatic carbocycles. The van der Waals surface area contributed by atoms with Crippen LogP contribution in [0.2, 0.25) is 0 Å². The molecule has 3 aliphatic rings. The van der Waals surface area contributed by atoms with Gasteiger partial charge in [-0.2, -0.15) is 0 Å². The van der Waals surface area contributed by atoms with Crippen molar-refractivity contribution in [1.82, 2.24) is 10.2 Å². The second-order valence-electron chi connectivity index (χ2n) is 6.68. The van der Waals surface area contributed by atoms with Crippen molar-refractivity contribution in [1.29, 1.82) is 0 Å². The molecule has 2 heterocycles. The molecule has 4 nitrogen and oxygen atoms in total. The highest BCUT2D eigenvalue weighted by atomic mass is 16.5. The van der Waals surface area contributed by atoms with Crippen LogP contribution >= 0.6 is 0 Å². The Morgan fingerprint density at radius 3 is 2.58 bits per heavy atom. The molecule has 0 aromatic heterocycles. The van der Waals surface area contributed by atoms with Gasteiger partial charge in [-0.3, -0.25) is 4.90 Å². The fourth-order valence-corrected chi connectivity index (χ4v) is 3.57. The molecule has 1 aliphatic carbocycles. The smallest absolute Gasteiger partial charge is 0.0622 e. The Balaban J connectivity index is 1.36. The lowest BCUT2D eigenvalue weighted by Gasteiger charge is -2.36. The molecular weight excluding hydrogens is 240 g/mol. The van der Waals surface area contributed by atoms with Gasteiger partial charge in [-0.05, 0) is 43.9 Å². The van der Waals surface area contributed by atoms with Crippen LogP contribution in [0, 0.1) is 5.41 Å². The van der Waals surface area contributed by atoms with Gasteiger partial charge < -0.3 is 15.2 Å². The summed E-state index contributed by atoms with van der Waals surface area (Å²) in [5, 5.41) is 12.8. The topological polar surface area (TPSA) is 44.7 Å². The van der Waals surface area contributed by atoms with Crippen LogP contribution in [0.4, 0.5) is 0 Å². The SMILES string of the molecule is OCCC1(CNC2CCN(C3CCOC3)CC2)CC1. The first-order chi connectivity index (χ1) is 9.31. The molecular formula is C15H28N2O2. The number of aliphatic hydroxyl groups excluding tert-OH is 1. The Hall–Kier alpha value is -0.160. The van der Waals surface area contributed by atoms with Crippen molar-refractivity contribution in [2.75, 3.05) is 39.5 Å². The number of rotatable bonds is 6. The standard InChI is InChI=1S/C15H28N2O2/c18-9-6-15(4-5-15)12-16-13-1-7-17(8-2-13)14-3-10-19-11-14/h13-14,16,18H,1-12H2. The summed E-state index contributed by atoms with van der Waals surface area (Å²) in [6, 6.07) is 1.37. The first-order valence-electron chi connectivity index (χ1n) is 7.97. The Morgan fingerprint density at radius 2 is 2.00 bits per heavy atom. The number of nitrogens with zero attached hydrogens (tertiary/aromatic N) is 1. The third-order valence-electron chi connectivity index (χ3n) is 5.32. The molecule has 0 bridgehead atoms. The maximum atomic E-state index is 9.09. The average Bonchev–Trinajstić information content (AvgIpc) is 3.00. The van der Waals surface area contributed by atoms with Crippen LogP contribution in [-0.4, -0.2) is 61.5 Å². The zero-order valence-electron chi connectivity index (χ0n) is 11.9.